The first-order valence-corrected chi connectivity index (χ1v) is 10.0. The zero-order valence-electron chi connectivity index (χ0n) is 15.4. The lowest BCUT2D eigenvalue weighted by atomic mass is 9.84. The van der Waals surface area contributed by atoms with Crippen LogP contribution in [0.1, 0.15) is 38.5 Å². The Hall–Kier alpha value is -1.14. The second kappa shape index (κ2) is 7.23. The zero-order valence-corrected chi connectivity index (χ0v) is 15.4. The minimum atomic E-state index is -0.0144. The maximum absolute atomic E-state index is 12.6. The van der Waals surface area contributed by atoms with E-state index < -0.39 is 0 Å². The van der Waals surface area contributed by atoms with Crippen molar-refractivity contribution >= 4 is 11.8 Å². The maximum Gasteiger partial charge on any atom is 0.225 e. The standard InChI is InChI=1S/C19H31N3O3/c1-20-12-14(10-17(23)21-6-2-3-7-21)19-15(20)13-25-16(19)11-18(24)22-8-4-5-9-22/h14-16,19H,2-13H2,1H3/t14-,15-,16+,19-/m1/s1. The van der Waals surface area contributed by atoms with Gasteiger partial charge in [-0.3, -0.25) is 9.59 Å². The highest BCUT2D eigenvalue weighted by Crippen LogP contribution is 2.41. The van der Waals surface area contributed by atoms with Crippen molar-refractivity contribution in [2.24, 2.45) is 11.8 Å². The molecule has 4 saturated heterocycles. The van der Waals surface area contributed by atoms with Crippen molar-refractivity contribution in [2.75, 3.05) is 46.4 Å². The Kier molecular flexibility index (Phi) is 5.00. The molecule has 4 aliphatic heterocycles. The van der Waals surface area contributed by atoms with Gasteiger partial charge in [-0.2, -0.15) is 0 Å². The molecular formula is C19H31N3O3. The fraction of sp³-hybridized carbons (Fsp3) is 0.895. The third-order valence-corrected chi connectivity index (χ3v) is 6.72. The largest absolute Gasteiger partial charge is 0.376 e. The molecular weight excluding hydrogens is 318 g/mol. The predicted molar refractivity (Wildman–Crippen MR) is 94.0 cm³/mol. The van der Waals surface area contributed by atoms with Crippen LogP contribution in [-0.2, 0) is 14.3 Å². The van der Waals surface area contributed by atoms with Gasteiger partial charge in [-0.05, 0) is 38.6 Å². The quantitative estimate of drug-likeness (QED) is 0.759. The lowest BCUT2D eigenvalue weighted by Crippen LogP contribution is -2.37. The molecule has 140 valence electrons. The fourth-order valence-electron chi connectivity index (χ4n) is 5.34. The van der Waals surface area contributed by atoms with Gasteiger partial charge in [0.15, 0.2) is 0 Å². The van der Waals surface area contributed by atoms with Gasteiger partial charge in [0.2, 0.25) is 11.8 Å². The maximum atomic E-state index is 12.6. The number of ether oxygens (including phenoxy) is 1. The van der Waals surface area contributed by atoms with E-state index in [-0.39, 0.29) is 12.0 Å². The average molecular weight is 349 g/mol. The summed E-state index contributed by atoms with van der Waals surface area (Å²) in [5.41, 5.74) is 0. The molecule has 0 radical (unpaired) electrons. The van der Waals surface area contributed by atoms with Crippen LogP contribution < -0.4 is 0 Å². The van der Waals surface area contributed by atoms with Crippen molar-refractivity contribution in [1.29, 1.82) is 0 Å². The fourth-order valence-corrected chi connectivity index (χ4v) is 5.34. The lowest BCUT2D eigenvalue weighted by molar-refractivity contribution is -0.133. The Morgan fingerprint density at radius 3 is 2.08 bits per heavy atom. The Labute approximate surface area is 150 Å². The molecule has 4 atom stereocenters. The number of nitrogens with zero attached hydrogens (tertiary/aromatic N) is 3. The van der Waals surface area contributed by atoms with Gasteiger partial charge in [0.25, 0.3) is 0 Å². The Morgan fingerprint density at radius 2 is 1.48 bits per heavy atom. The van der Waals surface area contributed by atoms with Gasteiger partial charge in [-0.25, -0.2) is 0 Å². The van der Waals surface area contributed by atoms with Crippen molar-refractivity contribution in [2.45, 2.75) is 50.7 Å². The number of fused-ring (bicyclic) bond motifs is 1. The van der Waals surface area contributed by atoms with Crippen molar-refractivity contribution < 1.29 is 14.3 Å². The second-order valence-electron chi connectivity index (χ2n) is 8.30. The highest BCUT2D eigenvalue weighted by atomic mass is 16.5. The van der Waals surface area contributed by atoms with E-state index in [4.69, 9.17) is 4.74 Å². The molecule has 0 aromatic carbocycles. The van der Waals surface area contributed by atoms with Gasteiger partial charge >= 0.3 is 0 Å². The number of carbonyl (C=O) groups is 2. The van der Waals surface area contributed by atoms with Gasteiger partial charge in [0.05, 0.1) is 19.1 Å². The number of rotatable bonds is 4. The van der Waals surface area contributed by atoms with Crippen molar-refractivity contribution in [1.82, 2.24) is 14.7 Å². The van der Waals surface area contributed by atoms with E-state index in [9.17, 15) is 9.59 Å². The van der Waals surface area contributed by atoms with E-state index in [0.29, 0.717) is 43.2 Å². The summed E-state index contributed by atoms with van der Waals surface area (Å²) in [6, 6.07) is 0.368. The van der Waals surface area contributed by atoms with E-state index >= 15 is 0 Å². The first-order chi connectivity index (χ1) is 12.1. The molecule has 0 aliphatic carbocycles. The molecule has 0 spiro atoms. The van der Waals surface area contributed by atoms with Crippen LogP contribution in [0.4, 0.5) is 0 Å². The van der Waals surface area contributed by atoms with Gasteiger partial charge < -0.3 is 19.4 Å². The van der Waals surface area contributed by atoms with Crippen molar-refractivity contribution in [3.05, 3.63) is 0 Å². The molecule has 6 heteroatoms. The van der Waals surface area contributed by atoms with E-state index in [1.165, 1.54) is 0 Å². The second-order valence-corrected chi connectivity index (χ2v) is 8.30. The Bertz CT molecular complexity index is 514. The van der Waals surface area contributed by atoms with Crippen molar-refractivity contribution in [3.63, 3.8) is 0 Å². The number of carbonyl (C=O) groups excluding carboxylic acids is 2. The first-order valence-electron chi connectivity index (χ1n) is 10.0. The minimum Gasteiger partial charge on any atom is -0.376 e. The summed E-state index contributed by atoms with van der Waals surface area (Å²) in [7, 11) is 2.13. The number of hydrogen-bond donors (Lipinski definition) is 0. The third-order valence-electron chi connectivity index (χ3n) is 6.72. The molecule has 4 rings (SSSR count). The minimum absolute atomic E-state index is 0.0144. The molecule has 0 unspecified atom stereocenters. The van der Waals surface area contributed by atoms with Crippen LogP contribution in [0.5, 0.6) is 0 Å². The molecule has 4 heterocycles. The Morgan fingerprint density at radius 1 is 0.920 bits per heavy atom. The number of amides is 2. The van der Waals surface area contributed by atoms with Crippen LogP contribution in [0.15, 0.2) is 0 Å². The van der Waals surface area contributed by atoms with Crippen molar-refractivity contribution in [3.8, 4) is 0 Å². The van der Waals surface area contributed by atoms with Gasteiger partial charge in [-0.1, -0.05) is 0 Å². The van der Waals surface area contributed by atoms with Gasteiger partial charge in [0.1, 0.15) is 0 Å². The summed E-state index contributed by atoms with van der Waals surface area (Å²) in [5, 5.41) is 0. The highest BCUT2D eigenvalue weighted by Gasteiger charge is 2.50. The molecule has 0 bridgehead atoms. The van der Waals surface area contributed by atoms with E-state index in [1.54, 1.807) is 0 Å². The van der Waals surface area contributed by atoms with Crippen LogP contribution in [0.3, 0.4) is 0 Å². The predicted octanol–water partition coefficient (Wildman–Crippen LogP) is 0.957. The zero-order chi connectivity index (χ0) is 17.4. The average Bonchev–Trinajstić information content (AvgIpc) is 3.35. The van der Waals surface area contributed by atoms with E-state index in [0.717, 1.165) is 58.4 Å². The molecule has 2 amide bonds. The number of likely N-dealkylation sites (N-methyl/N-ethyl adjacent to an activating group) is 1. The molecule has 0 saturated carbocycles. The third kappa shape index (κ3) is 3.43. The summed E-state index contributed by atoms with van der Waals surface area (Å²) in [6.07, 6.45) is 5.61. The summed E-state index contributed by atoms with van der Waals surface area (Å²) in [5.74, 6) is 1.18. The first kappa shape index (κ1) is 17.3. The van der Waals surface area contributed by atoms with Crippen LogP contribution in [-0.4, -0.2) is 85.0 Å². The monoisotopic (exact) mass is 349 g/mol. The smallest absolute Gasteiger partial charge is 0.225 e. The SMILES string of the molecule is CN1C[C@@H](CC(=O)N2CCCC2)[C@H]2[C@H](CC(=O)N3CCCC3)OC[C@H]21. The summed E-state index contributed by atoms with van der Waals surface area (Å²) in [6.45, 7) is 5.29. The molecule has 0 N–H and O–H groups in total. The number of likely N-dealkylation sites (tertiary alicyclic amines) is 3. The molecule has 4 fully saturated rings. The molecule has 0 aromatic heterocycles. The summed E-state index contributed by atoms with van der Waals surface area (Å²) in [4.78, 5) is 31.5. The van der Waals surface area contributed by atoms with Crippen LogP contribution in [0.25, 0.3) is 0 Å². The normalized spacial score (nSPS) is 35.6. The van der Waals surface area contributed by atoms with Crippen LogP contribution in [0, 0.1) is 11.8 Å². The van der Waals surface area contributed by atoms with Gasteiger partial charge in [0, 0.05) is 51.1 Å². The molecule has 0 aromatic rings. The van der Waals surface area contributed by atoms with E-state index in [2.05, 4.69) is 11.9 Å². The van der Waals surface area contributed by atoms with Crippen LogP contribution in [0.2, 0.25) is 0 Å². The Balaban J connectivity index is 1.39. The summed E-state index contributed by atoms with van der Waals surface area (Å²) >= 11 is 0. The van der Waals surface area contributed by atoms with E-state index in [1.807, 2.05) is 9.80 Å². The lowest BCUT2D eigenvalue weighted by Gasteiger charge is -2.26. The summed E-state index contributed by atoms with van der Waals surface area (Å²) < 4.78 is 6.04. The number of hydrogen-bond acceptors (Lipinski definition) is 4. The molecule has 4 aliphatic rings. The topological polar surface area (TPSA) is 53.1 Å². The molecule has 6 nitrogen and oxygen atoms in total. The molecule has 25 heavy (non-hydrogen) atoms. The van der Waals surface area contributed by atoms with Crippen LogP contribution >= 0.6 is 0 Å². The highest BCUT2D eigenvalue weighted by molar-refractivity contribution is 5.78. The van der Waals surface area contributed by atoms with Gasteiger partial charge in [-0.15, -0.1) is 0 Å².